The van der Waals surface area contributed by atoms with E-state index in [1.807, 2.05) is 0 Å². The molecule has 3 atom stereocenters. The van der Waals surface area contributed by atoms with E-state index in [4.69, 9.17) is 23.3 Å². The van der Waals surface area contributed by atoms with Gasteiger partial charge in [-0.2, -0.15) is 0 Å². The minimum absolute atomic E-state index is 0.133. The average Bonchev–Trinajstić information content (AvgIpc) is 3.39. The zero-order chi connectivity index (χ0) is 54.1. The average molecular weight is 1060 g/mol. The molecular formula is C62H105O11P. The summed E-state index contributed by atoms with van der Waals surface area (Å²) in [5, 5.41) is 9.81. The maximum atomic E-state index is 12.9. The number of ether oxygens (including phenoxy) is 3. The van der Waals surface area contributed by atoms with E-state index in [0.717, 1.165) is 141 Å². The molecule has 0 aliphatic heterocycles. The molecule has 11 nitrogen and oxygen atoms in total. The number of aliphatic hydroxyl groups excluding tert-OH is 1. The number of aliphatic hydroxyl groups is 1. The van der Waals surface area contributed by atoms with Crippen LogP contribution < -0.4 is 0 Å². The number of unbranched alkanes of at least 4 members (excludes halogenated alkanes) is 20. The van der Waals surface area contributed by atoms with Crippen molar-refractivity contribution in [2.45, 2.75) is 251 Å². The van der Waals surface area contributed by atoms with Gasteiger partial charge in [0.15, 0.2) is 6.10 Å². The Morgan fingerprint density at radius 1 is 0.392 bits per heavy atom. The first kappa shape index (κ1) is 70.4. The van der Waals surface area contributed by atoms with Crippen LogP contribution in [0.5, 0.6) is 0 Å². The quantitative estimate of drug-likeness (QED) is 0.0197. The summed E-state index contributed by atoms with van der Waals surface area (Å²) >= 11 is 0. The van der Waals surface area contributed by atoms with Gasteiger partial charge >= 0.3 is 25.7 Å². The normalized spacial score (nSPS) is 14.1. The van der Waals surface area contributed by atoms with E-state index in [-0.39, 0.29) is 25.9 Å². The van der Waals surface area contributed by atoms with Gasteiger partial charge in [0.2, 0.25) is 0 Å². The van der Waals surface area contributed by atoms with E-state index in [2.05, 4.69) is 118 Å². The second-order valence-electron chi connectivity index (χ2n) is 19.0. The van der Waals surface area contributed by atoms with Gasteiger partial charge in [-0.25, -0.2) is 4.57 Å². The standard InChI is InChI=1S/C62H105O11P/c1-4-7-10-13-16-19-22-25-27-29-31-34-36-39-42-45-48-51-60(64)69-55-59(73-62(66)53-50-47-44-41-38-35-32-30-28-26-23-20-17-14-11-8-5-2)57-71-74(67,68)70-56-58(54-63)72-61(65)52-49-46-43-40-37-33-24-21-18-15-12-9-6-3/h7-8,10-11,16-17,19-21,24-28,32,35,58-59,63H,4-6,9,12-15,18,22-23,29-31,33-34,36-57H2,1-3H3,(H,67,68)/b10-7-,11-8-,19-16-,20-17-,24-21-,27-25-,28-26-,35-32-. The number of rotatable bonds is 53. The second-order valence-corrected chi connectivity index (χ2v) is 20.5. The minimum atomic E-state index is -4.76. The molecule has 0 bridgehead atoms. The van der Waals surface area contributed by atoms with E-state index in [1.165, 1.54) is 38.5 Å². The van der Waals surface area contributed by atoms with Gasteiger partial charge in [0.05, 0.1) is 19.8 Å². The third-order valence-corrected chi connectivity index (χ3v) is 12.9. The highest BCUT2D eigenvalue weighted by molar-refractivity contribution is 7.47. The Morgan fingerprint density at radius 3 is 1.09 bits per heavy atom. The van der Waals surface area contributed by atoms with E-state index in [0.29, 0.717) is 19.3 Å². The highest BCUT2D eigenvalue weighted by Crippen LogP contribution is 2.43. The van der Waals surface area contributed by atoms with Gasteiger partial charge in [0, 0.05) is 19.3 Å². The molecule has 0 spiro atoms. The summed E-state index contributed by atoms with van der Waals surface area (Å²) in [6.45, 7) is 4.36. The molecule has 0 rings (SSSR count). The van der Waals surface area contributed by atoms with Crippen LogP contribution in [-0.4, -0.2) is 66.5 Å². The molecule has 0 aliphatic carbocycles. The Labute approximate surface area is 451 Å². The molecule has 0 aromatic rings. The summed E-state index contributed by atoms with van der Waals surface area (Å²) in [5.41, 5.74) is 0. The number of hydrogen-bond donors (Lipinski definition) is 2. The summed E-state index contributed by atoms with van der Waals surface area (Å²) in [6.07, 6.45) is 65.0. The zero-order valence-electron chi connectivity index (χ0n) is 46.8. The predicted octanol–water partition coefficient (Wildman–Crippen LogP) is 17.3. The van der Waals surface area contributed by atoms with Gasteiger partial charge in [0.1, 0.15) is 12.7 Å². The van der Waals surface area contributed by atoms with Crippen LogP contribution in [0.1, 0.15) is 239 Å². The predicted molar refractivity (Wildman–Crippen MR) is 307 cm³/mol. The molecule has 0 saturated heterocycles. The molecule has 0 radical (unpaired) electrons. The summed E-state index contributed by atoms with van der Waals surface area (Å²) in [7, 11) is -4.76. The third kappa shape index (κ3) is 53.2. The van der Waals surface area contributed by atoms with Crippen LogP contribution in [-0.2, 0) is 42.2 Å². The van der Waals surface area contributed by atoms with Crippen LogP contribution >= 0.6 is 7.82 Å². The Bertz CT molecular complexity index is 1610. The van der Waals surface area contributed by atoms with Crippen LogP contribution in [0, 0.1) is 0 Å². The van der Waals surface area contributed by atoms with Crippen molar-refractivity contribution in [3.63, 3.8) is 0 Å². The van der Waals surface area contributed by atoms with Crippen molar-refractivity contribution in [1.29, 1.82) is 0 Å². The van der Waals surface area contributed by atoms with Crippen molar-refractivity contribution < 1.29 is 52.2 Å². The number of carbonyl (C=O) groups is 3. The molecule has 0 aromatic carbocycles. The molecule has 0 saturated carbocycles. The molecule has 424 valence electrons. The van der Waals surface area contributed by atoms with Crippen molar-refractivity contribution >= 4 is 25.7 Å². The Kier molecular flexibility index (Phi) is 52.9. The number of hydrogen-bond acceptors (Lipinski definition) is 10. The monoisotopic (exact) mass is 1060 g/mol. The largest absolute Gasteiger partial charge is 0.472 e. The summed E-state index contributed by atoms with van der Waals surface area (Å²) < 4.78 is 39.5. The van der Waals surface area contributed by atoms with Gasteiger partial charge in [-0.15, -0.1) is 0 Å². The van der Waals surface area contributed by atoms with Crippen LogP contribution in [0.4, 0.5) is 0 Å². The molecule has 12 heteroatoms. The van der Waals surface area contributed by atoms with Crippen LogP contribution in [0.2, 0.25) is 0 Å². The van der Waals surface area contributed by atoms with Crippen LogP contribution in [0.25, 0.3) is 0 Å². The first-order chi connectivity index (χ1) is 36.2. The summed E-state index contributed by atoms with van der Waals surface area (Å²) in [4.78, 5) is 48.6. The van der Waals surface area contributed by atoms with E-state index in [9.17, 15) is 28.9 Å². The molecule has 0 aromatic heterocycles. The fraction of sp³-hybridized carbons (Fsp3) is 0.694. The third-order valence-electron chi connectivity index (χ3n) is 12.0. The number of esters is 3. The van der Waals surface area contributed by atoms with Gasteiger partial charge in [-0.3, -0.25) is 23.4 Å². The lowest BCUT2D eigenvalue weighted by Gasteiger charge is -2.21. The molecule has 3 unspecified atom stereocenters. The molecular weight excluding hydrogens is 952 g/mol. The molecule has 0 aliphatic rings. The fourth-order valence-corrected chi connectivity index (χ4v) is 8.37. The maximum Gasteiger partial charge on any atom is 0.472 e. The topological polar surface area (TPSA) is 155 Å². The van der Waals surface area contributed by atoms with Crippen molar-refractivity contribution in [1.82, 2.24) is 0 Å². The smallest absolute Gasteiger partial charge is 0.462 e. The first-order valence-corrected chi connectivity index (χ1v) is 30.6. The fourth-order valence-electron chi connectivity index (χ4n) is 7.59. The highest BCUT2D eigenvalue weighted by Gasteiger charge is 2.28. The Balaban J connectivity index is 4.80. The van der Waals surface area contributed by atoms with Gasteiger partial charge in [-0.05, 0) is 116 Å². The maximum absolute atomic E-state index is 12.9. The van der Waals surface area contributed by atoms with Crippen LogP contribution in [0.15, 0.2) is 97.2 Å². The van der Waals surface area contributed by atoms with Crippen molar-refractivity contribution in [3.8, 4) is 0 Å². The summed E-state index contributed by atoms with van der Waals surface area (Å²) in [5.74, 6) is -1.52. The second kappa shape index (κ2) is 55.6. The molecule has 0 fully saturated rings. The lowest BCUT2D eigenvalue weighted by Crippen LogP contribution is -2.30. The molecule has 0 amide bonds. The molecule has 2 N–H and O–H groups in total. The molecule has 0 heterocycles. The Morgan fingerprint density at radius 2 is 0.703 bits per heavy atom. The zero-order valence-corrected chi connectivity index (χ0v) is 47.7. The number of allylic oxidation sites excluding steroid dienone is 16. The number of phosphoric acid groups is 1. The van der Waals surface area contributed by atoms with E-state index in [1.54, 1.807) is 0 Å². The number of carbonyl (C=O) groups excluding carboxylic acids is 3. The van der Waals surface area contributed by atoms with Crippen molar-refractivity contribution in [2.75, 3.05) is 26.4 Å². The van der Waals surface area contributed by atoms with Gasteiger partial charge in [-0.1, -0.05) is 201 Å². The lowest BCUT2D eigenvalue weighted by atomic mass is 10.1. The summed E-state index contributed by atoms with van der Waals surface area (Å²) in [6, 6.07) is 0. The van der Waals surface area contributed by atoms with E-state index >= 15 is 0 Å². The minimum Gasteiger partial charge on any atom is -0.462 e. The SMILES string of the molecule is CC/C=C\C/C=C\C/C=C\C/C=C\CCCCCCC(=O)OC(COC(=O)CCCCCCCCC/C=C\C/C=C\C/C=C\CC)COP(=O)(O)OCC(CO)OC(=O)CCCCCCC/C=C\CCCCCC. The van der Waals surface area contributed by atoms with Crippen molar-refractivity contribution in [3.05, 3.63) is 97.2 Å². The lowest BCUT2D eigenvalue weighted by molar-refractivity contribution is -0.161. The van der Waals surface area contributed by atoms with Crippen molar-refractivity contribution in [2.24, 2.45) is 0 Å². The van der Waals surface area contributed by atoms with Gasteiger partial charge in [0.25, 0.3) is 0 Å². The van der Waals surface area contributed by atoms with E-state index < -0.39 is 57.8 Å². The first-order valence-electron chi connectivity index (χ1n) is 29.1. The van der Waals surface area contributed by atoms with Crippen LogP contribution in [0.3, 0.4) is 0 Å². The number of phosphoric ester groups is 1. The molecule has 74 heavy (non-hydrogen) atoms. The van der Waals surface area contributed by atoms with Gasteiger partial charge < -0.3 is 24.2 Å². The Hall–Kier alpha value is -3.60. The highest BCUT2D eigenvalue weighted by atomic mass is 31.2.